The molecular weight excluding hydrogens is 506 g/mol. The summed E-state index contributed by atoms with van der Waals surface area (Å²) in [6.45, 7) is 7.47. The number of rotatable bonds is 6. The number of thiocarbonyl (C=S) groups is 1. The van der Waals surface area contributed by atoms with Gasteiger partial charge in [0.05, 0.1) is 23.3 Å². The number of methoxy groups -OCH3 is 1. The van der Waals surface area contributed by atoms with E-state index in [2.05, 4.69) is 15.9 Å². The molecule has 0 aliphatic carbocycles. The van der Waals surface area contributed by atoms with Crippen LogP contribution < -0.4 is 20.1 Å². The first kappa shape index (κ1) is 25.3. The van der Waals surface area contributed by atoms with E-state index in [9.17, 15) is 9.59 Å². The molecule has 1 aromatic carbocycles. The molecule has 0 atom stereocenters. The van der Waals surface area contributed by atoms with Crippen LogP contribution in [0.4, 0.5) is 11.5 Å². The number of amides is 1. The molecule has 2 aliphatic rings. The highest BCUT2D eigenvalue weighted by molar-refractivity contribution is 8.26. The Morgan fingerprint density at radius 2 is 1.76 bits per heavy atom. The number of aromatic nitrogens is 2. The Morgan fingerprint density at radius 1 is 1.05 bits per heavy atom. The highest BCUT2D eigenvalue weighted by atomic mass is 32.2. The van der Waals surface area contributed by atoms with E-state index in [1.807, 2.05) is 44.2 Å². The normalized spacial score (nSPS) is 17.5. The minimum absolute atomic E-state index is 0.159. The lowest BCUT2D eigenvalue weighted by Gasteiger charge is -2.37. The van der Waals surface area contributed by atoms with Crippen LogP contribution in [0.3, 0.4) is 0 Å². The van der Waals surface area contributed by atoms with Gasteiger partial charge >= 0.3 is 0 Å². The summed E-state index contributed by atoms with van der Waals surface area (Å²) in [5.41, 5.74) is 1.81. The van der Waals surface area contributed by atoms with Gasteiger partial charge in [-0.3, -0.25) is 18.9 Å². The van der Waals surface area contributed by atoms with Gasteiger partial charge in [-0.25, -0.2) is 4.98 Å². The second-order valence-corrected chi connectivity index (χ2v) is 11.1. The van der Waals surface area contributed by atoms with Crippen LogP contribution in [-0.2, 0) is 4.79 Å². The molecule has 0 bridgehead atoms. The van der Waals surface area contributed by atoms with E-state index in [1.165, 1.54) is 16.2 Å². The molecule has 0 radical (unpaired) electrons. The van der Waals surface area contributed by atoms with Crippen LogP contribution in [0.15, 0.2) is 58.4 Å². The van der Waals surface area contributed by atoms with Crippen LogP contribution >= 0.6 is 24.0 Å². The van der Waals surface area contributed by atoms with Gasteiger partial charge in [0, 0.05) is 38.9 Å². The van der Waals surface area contributed by atoms with Crippen molar-refractivity contribution in [3.8, 4) is 5.75 Å². The van der Waals surface area contributed by atoms with Crippen LogP contribution in [-0.4, -0.2) is 64.3 Å². The third kappa shape index (κ3) is 4.95. The van der Waals surface area contributed by atoms with Crippen molar-refractivity contribution in [3.05, 3.63) is 69.5 Å². The van der Waals surface area contributed by atoms with Gasteiger partial charge in [0.2, 0.25) is 0 Å². The summed E-state index contributed by atoms with van der Waals surface area (Å²) in [6, 6.07) is 13.5. The smallest absolute Gasteiger partial charge is 0.267 e. The van der Waals surface area contributed by atoms with Crippen molar-refractivity contribution in [2.24, 2.45) is 5.92 Å². The predicted octanol–water partition coefficient (Wildman–Crippen LogP) is 3.89. The second-order valence-electron chi connectivity index (χ2n) is 9.42. The van der Waals surface area contributed by atoms with E-state index >= 15 is 0 Å². The standard InChI is InChI=1S/C27H29N5O3S2/c1-18(2)17-32-26(34)22(37-27(32)36)16-19-24(28-23-10-6-7-11-31(23)25(19)33)30-14-12-29(13-15-30)20-8-4-5-9-21(20)35-3/h4-11,16,18H,12-15,17H2,1-3H3/b22-16-. The molecule has 4 heterocycles. The van der Waals surface area contributed by atoms with Crippen molar-refractivity contribution in [1.29, 1.82) is 0 Å². The molecule has 5 rings (SSSR count). The molecule has 0 N–H and O–H groups in total. The fourth-order valence-corrected chi connectivity index (χ4v) is 5.92. The summed E-state index contributed by atoms with van der Waals surface area (Å²) >= 11 is 6.72. The summed E-state index contributed by atoms with van der Waals surface area (Å²) in [6.07, 6.45) is 3.38. The topological polar surface area (TPSA) is 70.4 Å². The Labute approximate surface area is 225 Å². The van der Waals surface area contributed by atoms with Crippen LogP contribution in [0, 0.1) is 5.92 Å². The molecule has 2 aliphatic heterocycles. The summed E-state index contributed by atoms with van der Waals surface area (Å²) in [5, 5.41) is 0. The van der Waals surface area contributed by atoms with E-state index < -0.39 is 0 Å². The zero-order chi connectivity index (χ0) is 26.1. The Kier molecular flexibility index (Phi) is 7.21. The van der Waals surface area contributed by atoms with Crippen molar-refractivity contribution in [1.82, 2.24) is 14.3 Å². The van der Waals surface area contributed by atoms with E-state index in [-0.39, 0.29) is 17.4 Å². The average molecular weight is 536 g/mol. The predicted molar refractivity (Wildman–Crippen MR) is 154 cm³/mol. The maximum Gasteiger partial charge on any atom is 0.267 e. The van der Waals surface area contributed by atoms with Gasteiger partial charge in [-0.15, -0.1) is 0 Å². The fourth-order valence-electron chi connectivity index (χ4n) is 4.66. The number of benzene rings is 1. The lowest BCUT2D eigenvalue weighted by Crippen LogP contribution is -2.47. The minimum atomic E-state index is -0.207. The molecule has 2 fully saturated rings. The molecule has 192 valence electrons. The molecular formula is C27H29N5O3S2. The minimum Gasteiger partial charge on any atom is -0.495 e. The maximum atomic E-state index is 13.7. The number of piperazine rings is 1. The number of anilines is 2. The van der Waals surface area contributed by atoms with Crippen LogP contribution in [0.2, 0.25) is 0 Å². The first-order chi connectivity index (χ1) is 17.9. The highest BCUT2D eigenvalue weighted by Crippen LogP contribution is 2.34. The number of hydrogen-bond acceptors (Lipinski definition) is 8. The zero-order valence-corrected chi connectivity index (χ0v) is 22.7. The van der Waals surface area contributed by atoms with E-state index in [1.54, 1.807) is 30.3 Å². The molecule has 0 unspecified atom stereocenters. The number of nitrogens with zero attached hydrogens (tertiary/aromatic N) is 5. The van der Waals surface area contributed by atoms with Gasteiger partial charge in [-0.05, 0) is 36.3 Å². The number of para-hydroxylation sites is 2. The molecule has 1 amide bonds. The number of pyridine rings is 1. The summed E-state index contributed by atoms with van der Waals surface area (Å²) in [7, 11) is 1.68. The SMILES string of the molecule is COc1ccccc1N1CCN(c2nc3ccccn3c(=O)c2/C=C2\SC(=S)N(CC(C)C)C2=O)CC1. The number of ether oxygens (including phenoxy) is 1. The molecule has 0 saturated carbocycles. The Bertz CT molecular complexity index is 1440. The number of carbonyl (C=O) groups is 1. The van der Waals surface area contributed by atoms with Crippen molar-refractivity contribution >= 4 is 57.4 Å². The first-order valence-electron chi connectivity index (χ1n) is 12.3. The third-order valence-corrected chi connectivity index (χ3v) is 7.83. The number of thioether (sulfide) groups is 1. The largest absolute Gasteiger partial charge is 0.495 e. The second kappa shape index (κ2) is 10.5. The Balaban J connectivity index is 1.50. The van der Waals surface area contributed by atoms with Gasteiger partial charge in [-0.2, -0.15) is 0 Å². The molecule has 2 aromatic heterocycles. The average Bonchev–Trinajstić information content (AvgIpc) is 3.17. The zero-order valence-electron chi connectivity index (χ0n) is 21.1. The van der Waals surface area contributed by atoms with Crippen molar-refractivity contribution < 1.29 is 9.53 Å². The maximum absolute atomic E-state index is 13.7. The Morgan fingerprint density at radius 3 is 2.49 bits per heavy atom. The lowest BCUT2D eigenvalue weighted by molar-refractivity contribution is -0.122. The first-order valence-corrected chi connectivity index (χ1v) is 13.5. The van der Waals surface area contributed by atoms with Gasteiger partial charge in [0.25, 0.3) is 11.5 Å². The molecule has 37 heavy (non-hydrogen) atoms. The van der Waals surface area contributed by atoms with E-state index in [0.717, 1.165) is 24.5 Å². The van der Waals surface area contributed by atoms with Crippen molar-refractivity contribution in [2.45, 2.75) is 13.8 Å². The summed E-state index contributed by atoms with van der Waals surface area (Å²) < 4.78 is 7.59. The summed E-state index contributed by atoms with van der Waals surface area (Å²) in [5.74, 6) is 1.55. The van der Waals surface area contributed by atoms with Crippen molar-refractivity contribution in [3.63, 3.8) is 0 Å². The van der Waals surface area contributed by atoms with Crippen molar-refractivity contribution in [2.75, 3.05) is 49.6 Å². The van der Waals surface area contributed by atoms with Crippen LogP contribution in [0.25, 0.3) is 11.7 Å². The van der Waals surface area contributed by atoms with E-state index in [0.29, 0.717) is 45.9 Å². The monoisotopic (exact) mass is 535 g/mol. The number of carbonyl (C=O) groups excluding carboxylic acids is 1. The number of fused-ring (bicyclic) bond motifs is 1. The fraction of sp³-hybridized carbons (Fsp3) is 0.333. The van der Waals surface area contributed by atoms with Crippen LogP contribution in [0.1, 0.15) is 19.4 Å². The van der Waals surface area contributed by atoms with E-state index in [4.69, 9.17) is 21.9 Å². The molecule has 3 aromatic rings. The summed E-state index contributed by atoms with van der Waals surface area (Å²) in [4.78, 5) is 38.2. The Hall–Kier alpha value is -3.37. The highest BCUT2D eigenvalue weighted by Gasteiger charge is 2.33. The third-order valence-electron chi connectivity index (χ3n) is 6.45. The molecule has 0 spiro atoms. The van der Waals surface area contributed by atoms with Crippen LogP contribution in [0.5, 0.6) is 5.75 Å². The molecule has 2 saturated heterocycles. The van der Waals surface area contributed by atoms with Gasteiger partial charge in [-0.1, -0.05) is 56.0 Å². The lowest BCUT2D eigenvalue weighted by atomic mass is 10.2. The van der Waals surface area contributed by atoms with Gasteiger partial charge in [0.1, 0.15) is 21.5 Å². The van der Waals surface area contributed by atoms with Gasteiger partial charge in [0.15, 0.2) is 0 Å². The quantitative estimate of drug-likeness (QED) is 0.348. The molecule has 10 heteroatoms. The molecule has 8 nitrogen and oxygen atoms in total. The number of hydrogen-bond donors (Lipinski definition) is 0. The van der Waals surface area contributed by atoms with Gasteiger partial charge < -0.3 is 14.5 Å².